The van der Waals surface area contributed by atoms with Crippen molar-refractivity contribution in [2.24, 2.45) is 0 Å². The molecule has 2 aromatic rings. The van der Waals surface area contributed by atoms with Crippen LogP contribution in [0.25, 0.3) is 0 Å². The van der Waals surface area contributed by atoms with E-state index in [-0.39, 0.29) is 23.8 Å². The minimum Gasteiger partial charge on any atom is -0.488 e. The van der Waals surface area contributed by atoms with E-state index in [1.165, 1.54) is 0 Å². The van der Waals surface area contributed by atoms with Crippen molar-refractivity contribution in [1.82, 2.24) is 10.5 Å². The third kappa shape index (κ3) is 3.53. The van der Waals surface area contributed by atoms with Crippen LogP contribution in [0.5, 0.6) is 5.75 Å². The SMILES string of the molecule is CCc1cc(C(=O)N[C@@H]2CC[C@@H](Oc3ccccc3)[C@@H]2O)on1. The van der Waals surface area contributed by atoms with Crippen molar-refractivity contribution in [2.45, 2.75) is 44.4 Å². The van der Waals surface area contributed by atoms with Crippen LogP contribution in [0.15, 0.2) is 40.9 Å². The molecule has 1 aliphatic rings. The van der Waals surface area contributed by atoms with Gasteiger partial charge in [0.2, 0.25) is 5.76 Å². The maximum absolute atomic E-state index is 12.1. The number of aromatic nitrogens is 1. The van der Waals surface area contributed by atoms with E-state index in [4.69, 9.17) is 9.26 Å². The van der Waals surface area contributed by atoms with E-state index in [9.17, 15) is 9.90 Å². The number of benzene rings is 1. The third-order valence-electron chi connectivity index (χ3n) is 4.05. The van der Waals surface area contributed by atoms with E-state index in [1.54, 1.807) is 6.07 Å². The van der Waals surface area contributed by atoms with Gasteiger partial charge in [0.25, 0.3) is 5.91 Å². The predicted octanol–water partition coefficient (Wildman–Crippen LogP) is 1.94. The Kier molecular flexibility index (Phi) is 4.62. The van der Waals surface area contributed by atoms with E-state index < -0.39 is 6.10 Å². The molecule has 1 heterocycles. The first-order valence-electron chi connectivity index (χ1n) is 7.83. The number of hydrogen-bond donors (Lipinski definition) is 2. The lowest BCUT2D eigenvalue weighted by Gasteiger charge is -2.21. The van der Waals surface area contributed by atoms with E-state index >= 15 is 0 Å². The molecule has 0 bridgehead atoms. The summed E-state index contributed by atoms with van der Waals surface area (Å²) >= 11 is 0. The maximum atomic E-state index is 12.1. The number of carbonyl (C=O) groups excluding carboxylic acids is 1. The first-order chi connectivity index (χ1) is 11.2. The zero-order chi connectivity index (χ0) is 16.2. The molecule has 1 aromatic carbocycles. The summed E-state index contributed by atoms with van der Waals surface area (Å²) in [6.45, 7) is 1.94. The van der Waals surface area contributed by atoms with Gasteiger partial charge >= 0.3 is 0 Å². The molecule has 3 rings (SSSR count). The Hall–Kier alpha value is -2.34. The van der Waals surface area contributed by atoms with Gasteiger partial charge in [0.15, 0.2) is 0 Å². The standard InChI is InChI=1S/C17H20N2O4/c1-2-11-10-15(23-19-11)17(21)18-13-8-9-14(16(13)20)22-12-6-4-3-5-7-12/h3-7,10,13-14,16,20H,2,8-9H2,1H3,(H,18,21)/t13-,14-,16-/m1/s1. The fourth-order valence-electron chi connectivity index (χ4n) is 2.73. The highest BCUT2D eigenvalue weighted by molar-refractivity contribution is 5.91. The zero-order valence-electron chi connectivity index (χ0n) is 12.9. The second kappa shape index (κ2) is 6.83. The average Bonchev–Trinajstić information content (AvgIpc) is 3.18. The van der Waals surface area contributed by atoms with Crippen LogP contribution in [0.3, 0.4) is 0 Å². The molecule has 23 heavy (non-hydrogen) atoms. The summed E-state index contributed by atoms with van der Waals surface area (Å²) < 4.78 is 10.8. The monoisotopic (exact) mass is 316 g/mol. The lowest BCUT2D eigenvalue weighted by atomic mass is 10.2. The normalized spacial score (nSPS) is 23.7. The number of ether oxygens (including phenoxy) is 1. The number of rotatable bonds is 5. The van der Waals surface area contributed by atoms with Gasteiger partial charge in [0, 0.05) is 6.07 Å². The molecule has 1 aliphatic carbocycles. The van der Waals surface area contributed by atoms with Crippen molar-refractivity contribution in [2.75, 3.05) is 0 Å². The van der Waals surface area contributed by atoms with Crippen LogP contribution in [0.4, 0.5) is 0 Å². The van der Waals surface area contributed by atoms with Crippen molar-refractivity contribution in [3.63, 3.8) is 0 Å². The van der Waals surface area contributed by atoms with Crippen LogP contribution in [0, 0.1) is 0 Å². The molecule has 1 fully saturated rings. The summed E-state index contributed by atoms with van der Waals surface area (Å²) in [5.41, 5.74) is 0.729. The van der Waals surface area contributed by atoms with Gasteiger partial charge in [0.05, 0.1) is 11.7 Å². The van der Waals surface area contributed by atoms with Crippen LogP contribution >= 0.6 is 0 Å². The summed E-state index contributed by atoms with van der Waals surface area (Å²) in [6.07, 6.45) is 0.948. The van der Waals surface area contributed by atoms with Crippen LogP contribution < -0.4 is 10.1 Å². The first-order valence-corrected chi connectivity index (χ1v) is 7.83. The number of amides is 1. The molecule has 0 radical (unpaired) electrons. The van der Waals surface area contributed by atoms with E-state index in [2.05, 4.69) is 10.5 Å². The number of aliphatic hydroxyl groups excluding tert-OH is 1. The van der Waals surface area contributed by atoms with Crippen LogP contribution in [-0.2, 0) is 6.42 Å². The Labute approximate surface area is 134 Å². The number of para-hydroxylation sites is 1. The molecule has 6 nitrogen and oxygen atoms in total. The summed E-state index contributed by atoms with van der Waals surface area (Å²) in [7, 11) is 0. The molecule has 0 aliphatic heterocycles. The van der Waals surface area contributed by atoms with Gasteiger partial charge < -0.3 is 19.7 Å². The fraction of sp³-hybridized carbons (Fsp3) is 0.412. The van der Waals surface area contributed by atoms with Crippen molar-refractivity contribution >= 4 is 5.91 Å². The molecule has 2 N–H and O–H groups in total. The Balaban J connectivity index is 1.58. The van der Waals surface area contributed by atoms with Gasteiger partial charge in [-0.1, -0.05) is 30.3 Å². The minimum atomic E-state index is -0.757. The summed E-state index contributed by atoms with van der Waals surface area (Å²) in [4.78, 5) is 12.1. The third-order valence-corrected chi connectivity index (χ3v) is 4.05. The molecule has 0 spiro atoms. The molecule has 1 amide bonds. The van der Waals surface area contributed by atoms with Crippen molar-refractivity contribution < 1.29 is 19.2 Å². The second-order valence-electron chi connectivity index (χ2n) is 5.65. The van der Waals surface area contributed by atoms with E-state index in [0.717, 1.165) is 5.69 Å². The van der Waals surface area contributed by atoms with Gasteiger partial charge in [-0.15, -0.1) is 0 Å². The smallest absolute Gasteiger partial charge is 0.290 e. The Morgan fingerprint density at radius 3 is 2.87 bits per heavy atom. The topological polar surface area (TPSA) is 84.6 Å². The van der Waals surface area contributed by atoms with Crippen molar-refractivity contribution in [3.8, 4) is 5.75 Å². The highest BCUT2D eigenvalue weighted by Gasteiger charge is 2.37. The van der Waals surface area contributed by atoms with Gasteiger partial charge in [-0.2, -0.15) is 0 Å². The number of nitrogens with zero attached hydrogens (tertiary/aromatic N) is 1. The largest absolute Gasteiger partial charge is 0.488 e. The van der Waals surface area contributed by atoms with Gasteiger partial charge in [-0.25, -0.2) is 0 Å². The average molecular weight is 316 g/mol. The molecule has 3 atom stereocenters. The van der Waals surface area contributed by atoms with Crippen molar-refractivity contribution in [3.05, 3.63) is 47.9 Å². The molecular formula is C17H20N2O4. The number of carbonyl (C=O) groups is 1. The molecular weight excluding hydrogens is 296 g/mol. The van der Waals surface area contributed by atoms with Gasteiger partial charge in [-0.3, -0.25) is 4.79 Å². The minimum absolute atomic E-state index is 0.168. The number of hydrogen-bond acceptors (Lipinski definition) is 5. The van der Waals surface area contributed by atoms with Crippen LogP contribution in [0.1, 0.15) is 36.0 Å². The zero-order valence-corrected chi connectivity index (χ0v) is 12.9. The van der Waals surface area contributed by atoms with Crippen LogP contribution in [-0.4, -0.2) is 34.4 Å². The van der Waals surface area contributed by atoms with Gasteiger partial charge in [0.1, 0.15) is 18.0 Å². The predicted molar refractivity (Wildman–Crippen MR) is 83.2 cm³/mol. The van der Waals surface area contributed by atoms with Crippen molar-refractivity contribution in [1.29, 1.82) is 0 Å². The highest BCUT2D eigenvalue weighted by Crippen LogP contribution is 2.25. The number of aliphatic hydroxyl groups is 1. The Morgan fingerprint density at radius 2 is 2.17 bits per heavy atom. The molecule has 1 saturated carbocycles. The summed E-state index contributed by atoms with van der Waals surface area (Å²) in [5, 5.41) is 17.0. The molecule has 0 saturated heterocycles. The lowest BCUT2D eigenvalue weighted by molar-refractivity contribution is 0.0428. The number of aryl methyl sites for hydroxylation is 1. The summed E-state index contributed by atoms with van der Waals surface area (Å²) in [6, 6.07) is 10.6. The Bertz CT molecular complexity index is 656. The maximum Gasteiger partial charge on any atom is 0.290 e. The first kappa shape index (κ1) is 15.6. The fourth-order valence-corrected chi connectivity index (χ4v) is 2.73. The summed E-state index contributed by atoms with van der Waals surface area (Å²) in [5.74, 6) is 0.523. The Morgan fingerprint density at radius 1 is 1.39 bits per heavy atom. The molecule has 122 valence electrons. The molecule has 6 heteroatoms. The molecule has 0 unspecified atom stereocenters. The highest BCUT2D eigenvalue weighted by atomic mass is 16.5. The number of nitrogens with one attached hydrogen (secondary N) is 1. The van der Waals surface area contributed by atoms with Gasteiger partial charge in [-0.05, 0) is 31.4 Å². The van der Waals surface area contributed by atoms with Crippen LogP contribution in [0.2, 0.25) is 0 Å². The lowest BCUT2D eigenvalue weighted by Crippen LogP contribution is -2.44. The second-order valence-corrected chi connectivity index (χ2v) is 5.65. The van der Waals surface area contributed by atoms with E-state index in [1.807, 2.05) is 37.3 Å². The molecule has 1 aromatic heterocycles. The quantitative estimate of drug-likeness (QED) is 0.880. The van der Waals surface area contributed by atoms with E-state index in [0.29, 0.717) is 25.0 Å².